The van der Waals surface area contributed by atoms with E-state index in [1.54, 1.807) is 0 Å². The Labute approximate surface area is 112 Å². The van der Waals surface area contributed by atoms with Gasteiger partial charge in [0.1, 0.15) is 0 Å². The van der Waals surface area contributed by atoms with E-state index >= 15 is 0 Å². The highest BCUT2D eigenvalue weighted by molar-refractivity contribution is 5.20. The van der Waals surface area contributed by atoms with Crippen LogP contribution in [0.25, 0.3) is 0 Å². The first-order valence-electron chi connectivity index (χ1n) is 6.62. The van der Waals surface area contributed by atoms with Gasteiger partial charge in [0.25, 0.3) is 0 Å². The molecule has 0 saturated heterocycles. The van der Waals surface area contributed by atoms with Crippen molar-refractivity contribution in [2.24, 2.45) is 0 Å². The number of nitrogens with zero attached hydrogens (tertiary/aromatic N) is 1. The van der Waals surface area contributed by atoms with Gasteiger partial charge in [-0.05, 0) is 37.6 Å². The van der Waals surface area contributed by atoms with Gasteiger partial charge in [-0.15, -0.1) is 0 Å². The summed E-state index contributed by atoms with van der Waals surface area (Å²) in [5.41, 5.74) is 0.391. The van der Waals surface area contributed by atoms with Crippen molar-refractivity contribution in [3.8, 4) is 0 Å². The maximum atomic E-state index is 13.0. The standard InChI is InChI=1S/C14H20F2N2O/c1-18(11-3-4-11)7-6-17-9-14(19)10-2-5-12(15)13(16)8-10/h2,5,8,11,14,17,19H,3-4,6-7,9H2,1H3. The highest BCUT2D eigenvalue weighted by Crippen LogP contribution is 2.24. The van der Waals surface area contributed by atoms with Crippen molar-refractivity contribution < 1.29 is 13.9 Å². The minimum Gasteiger partial charge on any atom is -0.387 e. The number of aliphatic hydroxyl groups is 1. The fourth-order valence-electron chi connectivity index (χ4n) is 2.03. The minimum absolute atomic E-state index is 0.337. The largest absolute Gasteiger partial charge is 0.387 e. The number of hydrogen-bond donors (Lipinski definition) is 2. The molecule has 5 heteroatoms. The first kappa shape index (κ1) is 14.4. The van der Waals surface area contributed by atoms with E-state index in [0.29, 0.717) is 12.1 Å². The number of likely N-dealkylation sites (N-methyl/N-ethyl adjacent to an activating group) is 1. The van der Waals surface area contributed by atoms with Gasteiger partial charge in [0.2, 0.25) is 0 Å². The monoisotopic (exact) mass is 270 g/mol. The van der Waals surface area contributed by atoms with Crippen LogP contribution >= 0.6 is 0 Å². The predicted octanol–water partition coefficient (Wildman–Crippen LogP) is 1.68. The number of benzene rings is 1. The second-order valence-electron chi connectivity index (χ2n) is 5.11. The van der Waals surface area contributed by atoms with Crippen LogP contribution in [0.2, 0.25) is 0 Å². The third kappa shape index (κ3) is 4.23. The van der Waals surface area contributed by atoms with Gasteiger partial charge in [-0.3, -0.25) is 0 Å². The zero-order valence-electron chi connectivity index (χ0n) is 11.1. The molecule has 1 aromatic rings. The Morgan fingerprint density at radius 3 is 2.74 bits per heavy atom. The number of rotatable bonds is 7. The lowest BCUT2D eigenvalue weighted by atomic mass is 10.1. The van der Waals surface area contributed by atoms with E-state index in [0.717, 1.165) is 31.3 Å². The molecular weight excluding hydrogens is 250 g/mol. The Hall–Kier alpha value is -1.04. The summed E-state index contributed by atoms with van der Waals surface area (Å²) < 4.78 is 25.8. The molecule has 1 saturated carbocycles. The van der Waals surface area contributed by atoms with E-state index < -0.39 is 17.7 Å². The molecule has 0 aliphatic heterocycles. The van der Waals surface area contributed by atoms with E-state index in [9.17, 15) is 13.9 Å². The lowest BCUT2D eigenvalue weighted by Gasteiger charge is -2.17. The van der Waals surface area contributed by atoms with E-state index in [1.807, 2.05) is 0 Å². The molecule has 106 valence electrons. The molecule has 1 atom stereocenters. The summed E-state index contributed by atoms with van der Waals surface area (Å²) in [4.78, 5) is 2.29. The molecule has 0 amide bonds. The van der Waals surface area contributed by atoms with Crippen LogP contribution in [0.1, 0.15) is 24.5 Å². The average Bonchev–Trinajstić information content (AvgIpc) is 3.21. The smallest absolute Gasteiger partial charge is 0.159 e. The van der Waals surface area contributed by atoms with Crippen LogP contribution < -0.4 is 5.32 Å². The molecule has 0 heterocycles. The van der Waals surface area contributed by atoms with E-state index in [2.05, 4.69) is 17.3 Å². The number of hydrogen-bond acceptors (Lipinski definition) is 3. The molecule has 19 heavy (non-hydrogen) atoms. The van der Waals surface area contributed by atoms with Gasteiger partial charge >= 0.3 is 0 Å². The first-order valence-corrected chi connectivity index (χ1v) is 6.62. The van der Waals surface area contributed by atoms with Crippen molar-refractivity contribution in [2.45, 2.75) is 25.0 Å². The molecule has 0 aromatic heterocycles. The van der Waals surface area contributed by atoms with Crippen LogP contribution in [0.15, 0.2) is 18.2 Å². The molecule has 3 nitrogen and oxygen atoms in total. The fraction of sp³-hybridized carbons (Fsp3) is 0.571. The van der Waals surface area contributed by atoms with Crippen LogP contribution in [0.4, 0.5) is 8.78 Å². The van der Waals surface area contributed by atoms with Crippen LogP contribution in [-0.4, -0.2) is 42.7 Å². The SMILES string of the molecule is CN(CCNCC(O)c1ccc(F)c(F)c1)C1CC1. The Bertz CT molecular complexity index is 424. The maximum absolute atomic E-state index is 13.0. The van der Waals surface area contributed by atoms with Crippen molar-refractivity contribution in [3.63, 3.8) is 0 Å². The third-order valence-electron chi connectivity index (χ3n) is 3.48. The summed E-state index contributed by atoms with van der Waals surface area (Å²) in [6.07, 6.45) is 1.73. The van der Waals surface area contributed by atoms with Crippen molar-refractivity contribution >= 4 is 0 Å². The zero-order chi connectivity index (χ0) is 13.8. The van der Waals surface area contributed by atoms with Crippen LogP contribution in [0, 0.1) is 11.6 Å². The summed E-state index contributed by atoms with van der Waals surface area (Å²) in [6.45, 7) is 2.03. The molecule has 1 fully saturated rings. The Balaban J connectivity index is 1.71. The first-order chi connectivity index (χ1) is 9.08. The van der Waals surface area contributed by atoms with Gasteiger partial charge < -0.3 is 15.3 Å². The van der Waals surface area contributed by atoms with Gasteiger partial charge in [0.05, 0.1) is 6.10 Å². The van der Waals surface area contributed by atoms with Crippen LogP contribution in [-0.2, 0) is 0 Å². The Morgan fingerprint density at radius 1 is 1.37 bits per heavy atom. The molecule has 1 aromatic carbocycles. The summed E-state index contributed by atoms with van der Waals surface area (Å²) in [7, 11) is 2.09. The van der Waals surface area contributed by atoms with Crippen LogP contribution in [0.5, 0.6) is 0 Å². The summed E-state index contributed by atoms with van der Waals surface area (Å²) >= 11 is 0. The predicted molar refractivity (Wildman–Crippen MR) is 69.8 cm³/mol. The molecule has 1 aliphatic carbocycles. The molecule has 1 aliphatic rings. The molecule has 2 rings (SSSR count). The molecule has 2 N–H and O–H groups in total. The highest BCUT2D eigenvalue weighted by atomic mass is 19.2. The van der Waals surface area contributed by atoms with E-state index in [1.165, 1.54) is 18.9 Å². The zero-order valence-corrected chi connectivity index (χ0v) is 11.1. The second-order valence-corrected chi connectivity index (χ2v) is 5.11. The molecule has 0 spiro atoms. The second kappa shape index (κ2) is 6.41. The average molecular weight is 270 g/mol. The van der Waals surface area contributed by atoms with Gasteiger partial charge in [0, 0.05) is 25.7 Å². The Kier molecular flexibility index (Phi) is 4.85. The molecule has 1 unspecified atom stereocenters. The topological polar surface area (TPSA) is 35.5 Å². The van der Waals surface area contributed by atoms with Crippen molar-refractivity contribution in [2.75, 3.05) is 26.7 Å². The Morgan fingerprint density at radius 2 is 2.11 bits per heavy atom. The third-order valence-corrected chi connectivity index (χ3v) is 3.48. The van der Waals surface area contributed by atoms with E-state index in [4.69, 9.17) is 0 Å². The minimum atomic E-state index is -0.926. The van der Waals surface area contributed by atoms with Crippen molar-refractivity contribution in [1.29, 1.82) is 0 Å². The fourth-order valence-corrected chi connectivity index (χ4v) is 2.03. The van der Waals surface area contributed by atoms with Crippen molar-refractivity contribution in [3.05, 3.63) is 35.4 Å². The van der Waals surface area contributed by atoms with Gasteiger partial charge in [0.15, 0.2) is 11.6 Å². The van der Waals surface area contributed by atoms with E-state index in [-0.39, 0.29) is 0 Å². The van der Waals surface area contributed by atoms with Gasteiger partial charge in [-0.2, -0.15) is 0 Å². The summed E-state index contributed by atoms with van der Waals surface area (Å²) in [5, 5.41) is 13.0. The lowest BCUT2D eigenvalue weighted by molar-refractivity contribution is 0.172. The maximum Gasteiger partial charge on any atom is 0.159 e. The van der Waals surface area contributed by atoms with Gasteiger partial charge in [-0.1, -0.05) is 6.07 Å². The lowest BCUT2D eigenvalue weighted by Crippen LogP contribution is -2.32. The normalized spacial score (nSPS) is 16.9. The molecule has 0 radical (unpaired) electrons. The molecular formula is C14H20F2N2O. The quantitative estimate of drug-likeness (QED) is 0.740. The van der Waals surface area contributed by atoms with Gasteiger partial charge in [-0.25, -0.2) is 8.78 Å². The van der Waals surface area contributed by atoms with Crippen LogP contribution in [0.3, 0.4) is 0 Å². The number of halogens is 2. The molecule has 0 bridgehead atoms. The summed E-state index contributed by atoms with van der Waals surface area (Å²) in [5.74, 6) is -1.82. The summed E-state index contributed by atoms with van der Waals surface area (Å²) in [6, 6.07) is 4.20. The van der Waals surface area contributed by atoms with Crippen molar-refractivity contribution in [1.82, 2.24) is 10.2 Å². The number of nitrogens with one attached hydrogen (secondary N) is 1. The number of aliphatic hydroxyl groups excluding tert-OH is 1. The highest BCUT2D eigenvalue weighted by Gasteiger charge is 2.25.